The van der Waals surface area contributed by atoms with E-state index in [9.17, 15) is 9.59 Å². The van der Waals surface area contributed by atoms with Gasteiger partial charge in [0.05, 0.1) is 6.42 Å². The zero-order valence-electron chi connectivity index (χ0n) is 11.3. The third-order valence-corrected chi connectivity index (χ3v) is 3.33. The molecule has 0 spiro atoms. The van der Waals surface area contributed by atoms with Crippen molar-refractivity contribution in [3.8, 4) is 0 Å². The van der Waals surface area contributed by atoms with Gasteiger partial charge in [0.15, 0.2) is 0 Å². The predicted octanol–water partition coefficient (Wildman–Crippen LogP) is 2.43. The Morgan fingerprint density at radius 2 is 1.88 bits per heavy atom. The molecule has 100 valence electrons. The molecule has 1 amide bonds. The number of unbranched alkanes of at least 4 members (excludes halogenated alkanes) is 1. The second-order valence-corrected chi connectivity index (χ2v) is 4.88. The first-order chi connectivity index (χ1) is 7.88. The maximum atomic E-state index is 11.1. The number of aliphatic carboxylic acids is 1. The molecule has 0 fully saturated rings. The fourth-order valence-electron chi connectivity index (χ4n) is 2.00. The number of amides is 1. The molecule has 0 unspecified atom stereocenters. The highest BCUT2D eigenvalue weighted by Crippen LogP contribution is 2.22. The van der Waals surface area contributed by atoms with Crippen molar-refractivity contribution in [2.24, 2.45) is 11.8 Å². The van der Waals surface area contributed by atoms with Gasteiger partial charge in [-0.3, -0.25) is 9.59 Å². The minimum Gasteiger partial charge on any atom is -0.481 e. The normalized spacial score (nSPS) is 16.0. The number of carbonyl (C=O) groups excluding carboxylic acids is 1. The van der Waals surface area contributed by atoms with Crippen LogP contribution < -0.4 is 5.32 Å². The molecule has 2 N–H and O–H groups in total. The van der Waals surface area contributed by atoms with Crippen molar-refractivity contribution in [2.75, 3.05) is 0 Å². The van der Waals surface area contributed by atoms with E-state index in [4.69, 9.17) is 5.11 Å². The van der Waals surface area contributed by atoms with Gasteiger partial charge in [0, 0.05) is 13.0 Å². The van der Waals surface area contributed by atoms with E-state index in [1.54, 1.807) is 0 Å². The Hall–Kier alpha value is -1.06. The molecule has 3 atom stereocenters. The van der Waals surface area contributed by atoms with Crippen LogP contribution in [0, 0.1) is 11.8 Å². The maximum absolute atomic E-state index is 11.1. The third-order valence-electron chi connectivity index (χ3n) is 3.33. The van der Waals surface area contributed by atoms with Gasteiger partial charge in [-0.1, -0.05) is 40.0 Å². The summed E-state index contributed by atoms with van der Waals surface area (Å²) in [6.45, 7) is 7.71. The van der Waals surface area contributed by atoms with Gasteiger partial charge >= 0.3 is 5.97 Å². The number of rotatable bonds is 8. The van der Waals surface area contributed by atoms with Crippen molar-refractivity contribution in [1.29, 1.82) is 0 Å². The van der Waals surface area contributed by atoms with E-state index in [0.29, 0.717) is 5.92 Å². The Morgan fingerprint density at radius 3 is 2.29 bits per heavy atom. The van der Waals surface area contributed by atoms with Gasteiger partial charge in [-0.25, -0.2) is 0 Å². The van der Waals surface area contributed by atoms with Crippen molar-refractivity contribution in [3.63, 3.8) is 0 Å². The summed E-state index contributed by atoms with van der Waals surface area (Å²) in [7, 11) is 0. The Balaban J connectivity index is 4.43. The fourth-order valence-corrected chi connectivity index (χ4v) is 2.00. The Labute approximate surface area is 104 Å². The molecule has 0 radical (unpaired) electrons. The molecule has 0 rings (SSSR count). The summed E-state index contributed by atoms with van der Waals surface area (Å²) < 4.78 is 0. The van der Waals surface area contributed by atoms with Crippen molar-refractivity contribution < 1.29 is 14.7 Å². The van der Waals surface area contributed by atoms with Crippen LogP contribution in [0.25, 0.3) is 0 Å². The second-order valence-electron chi connectivity index (χ2n) is 4.88. The number of hydrogen-bond donors (Lipinski definition) is 2. The van der Waals surface area contributed by atoms with E-state index in [1.165, 1.54) is 6.92 Å². The summed E-state index contributed by atoms with van der Waals surface area (Å²) >= 11 is 0. The maximum Gasteiger partial charge on any atom is 0.305 e. The Bertz CT molecular complexity index is 237. The highest BCUT2D eigenvalue weighted by Gasteiger charge is 2.25. The molecular weight excluding hydrogens is 218 g/mol. The van der Waals surface area contributed by atoms with Crippen LogP contribution in [0.3, 0.4) is 0 Å². The molecule has 0 saturated carbocycles. The van der Waals surface area contributed by atoms with Crippen LogP contribution in [0.2, 0.25) is 0 Å². The summed E-state index contributed by atoms with van der Waals surface area (Å²) in [4.78, 5) is 21.9. The average molecular weight is 243 g/mol. The monoisotopic (exact) mass is 243 g/mol. The number of carboxylic acids is 1. The molecule has 0 aromatic rings. The predicted molar refractivity (Wildman–Crippen MR) is 67.7 cm³/mol. The van der Waals surface area contributed by atoms with Crippen molar-refractivity contribution in [3.05, 3.63) is 0 Å². The fraction of sp³-hybridized carbons (Fsp3) is 0.846. The molecule has 0 aliphatic carbocycles. The van der Waals surface area contributed by atoms with E-state index in [1.807, 2.05) is 6.92 Å². The van der Waals surface area contributed by atoms with Crippen molar-refractivity contribution >= 4 is 11.9 Å². The van der Waals surface area contributed by atoms with Crippen LogP contribution in [0.4, 0.5) is 0 Å². The van der Waals surface area contributed by atoms with Crippen LogP contribution in [-0.2, 0) is 9.59 Å². The van der Waals surface area contributed by atoms with Gasteiger partial charge in [-0.05, 0) is 11.8 Å². The average Bonchev–Trinajstić information content (AvgIpc) is 2.22. The molecular formula is C13H25NO3. The summed E-state index contributed by atoms with van der Waals surface area (Å²) in [6, 6.07) is -0.267. The molecule has 0 aromatic heterocycles. The molecule has 0 heterocycles. The highest BCUT2D eigenvalue weighted by molar-refractivity contribution is 5.75. The van der Waals surface area contributed by atoms with Crippen LogP contribution >= 0.6 is 0 Å². The van der Waals surface area contributed by atoms with Gasteiger partial charge in [0.2, 0.25) is 5.91 Å². The van der Waals surface area contributed by atoms with E-state index < -0.39 is 5.97 Å². The van der Waals surface area contributed by atoms with E-state index in [0.717, 1.165) is 19.3 Å². The first-order valence-corrected chi connectivity index (χ1v) is 6.37. The molecule has 17 heavy (non-hydrogen) atoms. The lowest BCUT2D eigenvalue weighted by Crippen LogP contribution is -2.42. The minimum absolute atomic E-state index is 0.00277. The molecule has 4 heteroatoms. The van der Waals surface area contributed by atoms with Crippen molar-refractivity contribution in [2.45, 2.75) is 59.4 Å². The van der Waals surface area contributed by atoms with Gasteiger partial charge in [0.1, 0.15) is 0 Å². The number of hydrogen-bond acceptors (Lipinski definition) is 2. The van der Waals surface area contributed by atoms with Crippen LogP contribution in [0.5, 0.6) is 0 Å². The first kappa shape index (κ1) is 15.9. The lowest BCUT2D eigenvalue weighted by atomic mass is 9.84. The molecule has 0 aliphatic heterocycles. The number of carboxylic acid groups (broad SMARTS) is 1. The SMILES string of the molecule is CCCC[C@@H](C)[C@@H](C)[C@@H](CC(=O)O)NC(C)=O. The van der Waals surface area contributed by atoms with Crippen LogP contribution in [0.1, 0.15) is 53.4 Å². The summed E-state index contributed by atoms with van der Waals surface area (Å²) in [5.74, 6) is -0.420. The van der Waals surface area contributed by atoms with Gasteiger partial charge in [-0.15, -0.1) is 0 Å². The van der Waals surface area contributed by atoms with Gasteiger partial charge < -0.3 is 10.4 Å². The number of carbonyl (C=O) groups is 2. The van der Waals surface area contributed by atoms with E-state index in [-0.39, 0.29) is 24.3 Å². The van der Waals surface area contributed by atoms with E-state index in [2.05, 4.69) is 19.2 Å². The van der Waals surface area contributed by atoms with Crippen LogP contribution in [0.15, 0.2) is 0 Å². The lowest BCUT2D eigenvalue weighted by Gasteiger charge is -2.28. The topological polar surface area (TPSA) is 66.4 Å². The standard InChI is InChI=1S/C13H25NO3/c1-5-6-7-9(2)10(3)12(8-13(16)17)14-11(4)15/h9-10,12H,5-8H2,1-4H3,(H,14,15)(H,16,17)/t9-,10-,12-/m1/s1. The smallest absolute Gasteiger partial charge is 0.305 e. The summed E-state index contributed by atoms with van der Waals surface area (Å²) in [6.07, 6.45) is 3.36. The highest BCUT2D eigenvalue weighted by atomic mass is 16.4. The Kier molecular flexibility index (Phi) is 7.59. The van der Waals surface area contributed by atoms with Gasteiger partial charge in [0.25, 0.3) is 0 Å². The summed E-state index contributed by atoms with van der Waals surface area (Å²) in [5.41, 5.74) is 0. The third kappa shape index (κ3) is 6.97. The Morgan fingerprint density at radius 1 is 1.29 bits per heavy atom. The minimum atomic E-state index is -0.863. The van der Waals surface area contributed by atoms with E-state index >= 15 is 0 Å². The molecule has 0 aliphatic rings. The largest absolute Gasteiger partial charge is 0.481 e. The molecule has 0 saturated heterocycles. The lowest BCUT2D eigenvalue weighted by molar-refractivity contribution is -0.138. The number of nitrogens with one attached hydrogen (secondary N) is 1. The molecule has 0 bridgehead atoms. The molecule has 4 nitrogen and oxygen atoms in total. The van der Waals surface area contributed by atoms with Gasteiger partial charge in [-0.2, -0.15) is 0 Å². The van der Waals surface area contributed by atoms with Crippen LogP contribution in [-0.4, -0.2) is 23.0 Å². The van der Waals surface area contributed by atoms with Crippen molar-refractivity contribution in [1.82, 2.24) is 5.32 Å². The zero-order valence-corrected chi connectivity index (χ0v) is 11.3. The zero-order chi connectivity index (χ0) is 13.4. The molecule has 0 aromatic carbocycles. The quantitative estimate of drug-likeness (QED) is 0.688. The first-order valence-electron chi connectivity index (χ1n) is 6.37. The summed E-state index contributed by atoms with van der Waals surface area (Å²) in [5, 5.41) is 11.6. The second kappa shape index (κ2) is 8.09.